The molecule has 0 N–H and O–H groups in total. The monoisotopic (exact) mass is 302 g/mol. The molecule has 0 spiro atoms. The zero-order valence-electron chi connectivity index (χ0n) is 12.8. The molecule has 1 aliphatic rings. The molecule has 0 aliphatic carbocycles. The maximum Gasteiger partial charge on any atom is 0.276 e. The SMILES string of the molecule is C[C@@H]1CCC[C@@H](C)N1C(=O)c1cc(-c2ccc(F)cc2)on1. The number of piperidine rings is 1. The van der Waals surface area contributed by atoms with Gasteiger partial charge >= 0.3 is 0 Å². The highest BCUT2D eigenvalue weighted by atomic mass is 19.1. The first-order chi connectivity index (χ1) is 10.6. The molecular weight excluding hydrogens is 283 g/mol. The molecule has 1 aromatic carbocycles. The molecule has 2 atom stereocenters. The second-order valence-electron chi connectivity index (χ2n) is 5.92. The lowest BCUT2D eigenvalue weighted by Crippen LogP contribution is -2.47. The van der Waals surface area contributed by atoms with Gasteiger partial charge in [0.1, 0.15) is 5.82 Å². The number of halogens is 1. The number of benzene rings is 1. The molecule has 5 heteroatoms. The van der Waals surface area contributed by atoms with Crippen molar-refractivity contribution in [1.29, 1.82) is 0 Å². The van der Waals surface area contributed by atoms with Crippen LogP contribution in [0.15, 0.2) is 34.9 Å². The third-order valence-corrected chi connectivity index (χ3v) is 4.29. The Hall–Kier alpha value is -2.17. The van der Waals surface area contributed by atoms with Crippen molar-refractivity contribution in [2.45, 2.75) is 45.2 Å². The van der Waals surface area contributed by atoms with E-state index in [0.29, 0.717) is 17.0 Å². The Morgan fingerprint density at radius 1 is 1.23 bits per heavy atom. The van der Waals surface area contributed by atoms with E-state index in [1.54, 1.807) is 18.2 Å². The van der Waals surface area contributed by atoms with Crippen molar-refractivity contribution < 1.29 is 13.7 Å². The zero-order valence-corrected chi connectivity index (χ0v) is 12.8. The maximum atomic E-state index is 13.0. The van der Waals surface area contributed by atoms with Gasteiger partial charge in [-0.3, -0.25) is 4.79 Å². The molecule has 1 amide bonds. The van der Waals surface area contributed by atoms with E-state index in [1.165, 1.54) is 12.1 Å². The molecule has 1 aliphatic heterocycles. The van der Waals surface area contributed by atoms with Gasteiger partial charge in [-0.25, -0.2) is 4.39 Å². The normalized spacial score (nSPS) is 21.9. The smallest absolute Gasteiger partial charge is 0.276 e. The molecule has 0 bridgehead atoms. The van der Waals surface area contributed by atoms with Gasteiger partial charge in [-0.1, -0.05) is 5.16 Å². The fourth-order valence-electron chi connectivity index (χ4n) is 3.08. The topological polar surface area (TPSA) is 46.3 Å². The molecular formula is C17H19FN2O2. The first-order valence-electron chi connectivity index (χ1n) is 7.61. The highest BCUT2D eigenvalue weighted by Crippen LogP contribution is 2.26. The number of hydrogen-bond donors (Lipinski definition) is 0. The van der Waals surface area contributed by atoms with Gasteiger partial charge in [-0.2, -0.15) is 0 Å². The van der Waals surface area contributed by atoms with Gasteiger partial charge in [0.05, 0.1) is 0 Å². The molecule has 3 rings (SSSR count). The number of rotatable bonds is 2. The molecule has 116 valence electrons. The van der Waals surface area contributed by atoms with Crippen LogP contribution >= 0.6 is 0 Å². The number of aromatic nitrogens is 1. The van der Waals surface area contributed by atoms with Crippen molar-refractivity contribution in [2.24, 2.45) is 0 Å². The lowest BCUT2D eigenvalue weighted by molar-refractivity contribution is 0.0500. The average molecular weight is 302 g/mol. The Labute approximate surface area is 128 Å². The lowest BCUT2D eigenvalue weighted by Gasteiger charge is -2.38. The van der Waals surface area contributed by atoms with Crippen molar-refractivity contribution in [3.05, 3.63) is 41.8 Å². The van der Waals surface area contributed by atoms with Gasteiger partial charge in [0.15, 0.2) is 11.5 Å². The maximum absolute atomic E-state index is 13.0. The molecule has 0 radical (unpaired) electrons. The predicted octanol–water partition coefficient (Wildman–Crippen LogP) is 3.88. The Morgan fingerprint density at radius 3 is 2.50 bits per heavy atom. The van der Waals surface area contributed by atoms with Crippen molar-refractivity contribution in [2.75, 3.05) is 0 Å². The summed E-state index contributed by atoms with van der Waals surface area (Å²) in [6.45, 7) is 4.13. The number of hydrogen-bond acceptors (Lipinski definition) is 3. The fraction of sp³-hybridized carbons (Fsp3) is 0.412. The first kappa shape index (κ1) is 14.8. The number of likely N-dealkylation sites (tertiary alicyclic amines) is 1. The Balaban J connectivity index is 1.83. The Bertz CT molecular complexity index is 656. The number of amides is 1. The molecule has 0 unspecified atom stereocenters. The van der Waals surface area contributed by atoms with Crippen molar-refractivity contribution in [3.63, 3.8) is 0 Å². The van der Waals surface area contributed by atoms with E-state index < -0.39 is 0 Å². The first-order valence-corrected chi connectivity index (χ1v) is 7.61. The molecule has 22 heavy (non-hydrogen) atoms. The lowest BCUT2D eigenvalue weighted by atomic mass is 9.97. The van der Waals surface area contributed by atoms with Gasteiger partial charge in [0.25, 0.3) is 5.91 Å². The predicted molar refractivity (Wildman–Crippen MR) is 80.8 cm³/mol. The number of carbonyl (C=O) groups excluding carboxylic acids is 1. The molecule has 2 aromatic rings. The van der Waals surface area contributed by atoms with Crippen LogP contribution in [0.1, 0.15) is 43.6 Å². The third-order valence-electron chi connectivity index (χ3n) is 4.29. The van der Waals surface area contributed by atoms with E-state index in [2.05, 4.69) is 19.0 Å². The van der Waals surface area contributed by atoms with Crippen molar-refractivity contribution >= 4 is 5.91 Å². The Kier molecular flexibility index (Phi) is 3.96. The molecule has 1 fully saturated rings. The number of carbonyl (C=O) groups is 1. The quantitative estimate of drug-likeness (QED) is 0.845. The summed E-state index contributed by atoms with van der Waals surface area (Å²) >= 11 is 0. The average Bonchev–Trinajstić information content (AvgIpc) is 2.97. The number of nitrogens with zero attached hydrogens (tertiary/aromatic N) is 2. The van der Waals surface area contributed by atoms with Crippen molar-refractivity contribution in [1.82, 2.24) is 10.1 Å². The molecule has 4 nitrogen and oxygen atoms in total. The molecule has 0 saturated carbocycles. The zero-order chi connectivity index (χ0) is 15.7. The fourth-order valence-corrected chi connectivity index (χ4v) is 3.08. The van der Waals surface area contributed by atoms with E-state index >= 15 is 0 Å². The standard InChI is InChI=1S/C17H19FN2O2/c1-11-4-3-5-12(2)20(11)17(21)15-10-16(22-19-15)13-6-8-14(18)9-7-13/h6-12H,3-5H2,1-2H3/t11-,12-/m1/s1. The van der Waals surface area contributed by atoms with Crippen LogP contribution in [0.3, 0.4) is 0 Å². The van der Waals surface area contributed by atoms with Gasteiger partial charge < -0.3 is 9.42 Å². The van der Waals surface area contributed by atoms with E-state index in [-0.39, 0.29) is 23.8 Å². The summed E-state index contributed by atoms with van der Waals surface area (Å²) in [6, 6.07) is 7.97. The van der Waals surface area contributed by atoms with Gasteiger partial charge in [0.2, 0.25) is 0 Å². The van der Waals surface area contributed by atoms with Crippen LogP contribution in [0, 0.1) is 5.82 Å². The van der Waals surface area contributed by atoms with Crippen LogP contribution in [0.2, 0.25) is 0 Å². The van der Waals surface area contributed by atoms with Crippen LogP contribution in [0.5, 0.6) is 0 Å². The second-order valence-corrected chi connectivity index (χ2v) is 5.92. The summed E-state index contributed by atoms with van der Waals surface area (Å²) in [5.74, 6) is 0.0630. The van der Waals surface area contributed by atoms with E-state index in [0.717, 1.165) is 19.3 Å². The van der Waals surface area contributed by atoms with Crippen LogP contribution in [-0.4, -0.2) is 28.0 Å². The van der Waals surface area contributed by atoms with E-state index in [1.807, 2.05) is 4.90 Å². The van der Waals surface area contributed by atoms with Crippen LogP contribution < -0.4 is 0 Å². The summed E-state index contributed by atoms with van der Waals surface area (Å²) in [5.41, 5.74) is 1.01. The minimum Gasteiger partial charge on any atom is -0.355 e. The van der Waals surface area contributed by atoms with Crippen LogP contribution in [-0.2, 0) is 0 Å². The van der Waals surface area contributed by atoms with Gasteiger partial charge in [0, 0.05) is 23.7 Å². The summed E-state index contributed by atoms with van der Waals surface area (Å²) in [4.78, 5) is 14.5. The minimum atomic E-state index is -0.310. The van der Waals surface area contributed by atoms with E-state index in [9.17, 15) is 9.18 Å². The largest absolute Gasteiger partial charge is 0.355 e. The highest BCUT2D eigenvalue weighted by Gasteiger charge is 2.31. The summed E-state index contributed by atoms with van der Waals surface area (Å²) in [7, 11) is 0. The second kappa shape index (κ2) is 5.91. The minimum absolute atomic E-state index is 0.100. The highest BCUT2D eigenvalue weighted by molar-refractivity contribution is 5.93. The van der Waals surface area contributed by atoms with Crippen LogP contribution in [0.25, 0.3) is 11.3 Å². The molecule has 1 saturated heterocycles. The summed E-state index contributed by atoms with van der Waals surface area (Å²) < 4.78 is 18.2. The summed E-state index contributed by atoms with van der Waals surface area (Å²) in [5, 5.41) is 3.90. The summed E-state index contributed by atoms with van der Waals surface area (Å²) in [6.07, 6.45) is 3.17. The molecule has 2 heterocycles. The van der Waals surface area contributed by atoms with Gasteiger partial charge in [-0.05, 0) is 57.4 Å². The molecule has 1 aromatic heterocycles. The van der Waals surface area contributed by atoms with Gasteiger partial charge in [-0.15, -0.1) is 0 Å². The van der Waals surface area contributed by atoms with Crippen LogP contribution in [0.4, 0.5) is 4.39 Å². The van der Waals surface area contributed by atoms with E-state index in [4.69, 9.17) is 4.52 Å². The Morgan fingerprint density at radius 2 is 1.86 bits per heavy atom. The van der Waals surface area contributed by atoms with Crippen molar-refractivity contribution in [3.8, 4) is 11.3 Å². The third kappa shape index (κ3) is 2.75.